The quantitative estimate of drug-likeness (QED) is 0.581. The van der Waals surface area contributed by atoms with E-state index < -0.39 is 5.54 Å². The normalized spacial score (nSPS) is 21.5. The summed E-state index contributed by atoms with van der Waals surface area (Å²) in [7, 11) is 1.61. The van der Waals surface area contributed by atoms with Gasteiger partial charge in [-0.15, -0.1) is 0 Å². The van der Waals surface area contributed by atoms with E-state index in [1.165, 1.54) is 12.8 Å². The molecule has 172 valence electrons. The standard InChI is InChI=1S/C27H31N3O3/c1-27(26(32)28-20-10-5-3-4-6-11-20)18-29-23-12-8-7-9-19(23)17-24(29)25(31)30(27)21-13-15-22(33-2)16-14-21/h7-9,12-17,20H,3-6,10-11,18H2,1-2H3,(H,28,32)/t27-/m1/s1. The lowest BCUT2D eigenvalue weighted by Crippen LogP contribution is -2.65. The number of nitrogens with zero attached hydrogens (tertiary/aromatic N) is 2. The Kier molecular flexibility index (Phi) is 5.60. The van der Waals surface area contributed by atoms with Gasteiger partial charge < -0.3 is 14.6 Å². The van der Waals surface area contributed by atoms with Crippen LogP contribution < -0.4 is 15.0 Å². The Morgan fingerprint density at radius 3 is 2.42 bits per heavy atom. The molecule has 33 heavy (non-hydrogen) atoms. The summed E-state index contributed by atoms with van der Waals surface area (Å²) in [6.07, 6.45) is 6.70. The van der Waals surface area contributed by atoms with Gasteiger partial charge in [-0.05, 0) is 56.2 Å². The first-order chi connectivity index (χ1) is 16.0. The van der Waals surface area contributed by atoms with Crippen molar-refractivity contribution >= 4 is 28.4 Å². The number of fused-ring (bicyclic) bond motifs is 3. The monoisotopic (exact) mass is 445 g/mol. The third-order valence-electron chi connectivity index (χ3n) is 7.20. The van der Waals surface area contributed by atoms with Crippen LogP contribution in [0.3, 0.4) is 0 Å². The zero-order valence-electron chi connectivity index (χ0n) is 19.3. The molecule has 1 N–H and O–H groups in total. The van der Waals surface area contributed by atoms with Gasteiger partial charge in [-0.2, -0.15) is 0 Å². The van der Waals surface area contributed by atoms with E-state index in [1.807, 2.05) is 66.1 Å². The van der Waals surface area contributed by atoms with E-state index in [-0.39, 0.29) is 17.9 Å². The second-order valence-electron chi connectivity index (χ2n) is 9.45. The molecule has 0 unspecified atom stereocenters. The Labute approximate surface area is 194 Å². The molecule has 1 saturated carbocycles. The zero-order chi connectivity index (χ0) is 23.0. The summed E-state index contributed by atoms with van der Waals surface area (Å²) < 4.78 is 7.31. The number of carbonyl (C=O) groups is 2. The van der Waals surface area contributed by atoms with Crippen molar-refractivity contribution in [3.05, 3.63) is 60.3 Å². The number of carbonyl (C=O) groups excluding carboxylic acids is 2. The van der Waals surface area contributed by atoms with Crippen molar-refractivity contribution in [1.29, 1.82) is 0 Å². The predicted octanol–water partition coefficient (Wildman–Crippen LogP) is 4.91. The minimum atomic E-state index is -1.06. The van der Waals surface area contributed by atoms with Gasteiger partial charge in [0.2, 0.25) is 5.91 Å². The van der Waals surface area contributed by atoms with Crippen LogP contribution in [-0.2, 0) is 11.3 Å². The van der Waals surface area contributed by atoms with Gasteiger partial charge in [-0.3, -0.25) is 14.5 Å². The smallest absolute Gasteiger partial charge is 0.275 e. The van der Waals surface area contributed by atoms with Crippen LogP contribution in [0.1, 0.15) is 55.9 Å². The number of amides is 2. The van der Waals surface area contributed by atoms with Crippen LogP contribution in [-0.4, -0.2) is 35.1 Å². The average Bonchev–Trinajstić information content (AvgIpc) is 3.00. The van der Waals surface area contributed by atoms with Crippen molar-refractivity contribution in [2.45, 2.75) is 63.6 Å². The Bertz CT molecular complexity index is 1180. The fourth-order valence-electron chi connectivity index (χ4n) is 5.35. The summed E-state index contributed by atoms with van der Waals surface area (Å²) in [6.45, 7) is 2.28. The van der Waals surface area contributed by atoms with Crippen molar-refractivity contribution < 1.29 is 14.3 Å². The molecule has 6 heteroatoms. The average molecular weight is 446 g/mol. The van der Waals surface area contributed by atoms with Crippen molar-refractivity contribution in [2.75, 3.05) is 12.0 Å². The van der Waals surface area contributed by atoms with Crippen molar-refractivity contribution in [3.8, 4) is 5.75 Å². The molecule has 1 fully saturated rings. The van der Waals surface area contributed by atoms with Crippen molar-refractivity contribution in [3.63, 3.8) is 0 Å². The third kappa shape index (κ3) is 3.77. The first-order valence-electron chi connectivity index (χ1n) is 11.9. The highest BCUT2D eigenvalue weighted by atomic mass is 16.5. The number of aromatic nitrogens is 1. The van der Waals surface area contributed by atoms with Crippen LogP contribution in [0.2, 0.25) is 0 Å². The minimum absolute atomic E-state index is 0.0954. The summed E-state index contributed by atoms with van der Waals surface area (Å²) in [5.41, 5.74) is 1.21. The summed E-state index contributed by atoms with van der Waals surface area (Å²) in [4.78, 5) is 29.5. The largest absolute Gasteiger partial charge is 0.497 e. The van der Waals surface area contributed by atoms with E-state index in [2.05, 4.69) is 5.32 Å². The summed E-state index contributed by atoms with van der Waals surface area (Å²) >= 11 is 0. The summed E-state index contributed by atoms with van der Waals surface area (Å²) in [6, 6.07) is 17.4. The van der Waals surface area contributed by atoms with Gasteiger partial charge in [0.15, 0.2) is 0 Å². The maximum atomic E-state index is 13.9. The number of nitrogens with one attached hydrogen (secondary N) is 1. The van der Waals surface area contributed by atoms with E-state index in [0.717, 1.165) is 36.6 Å². The van der Waals surface area contributed by atoms with Crippen LogP contribution in [0.4, 0.5) is 5.69 Å². The number of hydrogen-bond donors (Lipinski definition) is 1. The van der Waals surface area contributed by atoms with Gasteiger partial charge >= 0.3 is 0 Å². The molecule has 0 bridgehead atoms. The number of benzene rings is 2. The predicted molar refractivity (Wildman–Crippen MR) is 130 cm³/mol. The topological polar surface area (TPSA) is 63.6 Å². The van der Waals surface area contributed by atoms with Crippen LogP contribution in [0.25, 0.3) is 10.9 Å². The molecule has 0 radical (unpaired) electrons. The minimum Gasteiger partial charge on any atom is -0.497 e. The zero-order valence-corrected chi connectivity index (χ0v) is 19.3. The molecule has 2 aliphatic rings. The van der Waals surface area contributed by atoms with Gasteiger partial charge in [-0.1, -0.05) is 43.9 Å². The second-order valence-corrected chi connectivity index (χ2v) is 9.45. The van der Waals surface area contributed by atoms with E-state index in [4.69, 9.17) is 4.74 Å². The molecule has 2 heterocycles. The number of anilines is 1. The molecular weight excluding hydrogens is 414 g/mol. The molecule has 0 spiro atoms. The summed E-state index contributed by atoms with van der Waals surface area (Å²) in [5, 5.41) is 4.32. The molecular formula is C27H31N3O3. The van der Waals surface area contributed by atoms with Crippen molar-refractivity contribution in [2.24, 2.45) is 0 Å². The first kappa shape index (κ1) is 21.6. The van der Waals surface area contributed by atoms with E-state index in [0.29, 0.717) is 23.7 Å². The molecule has 2 aromatic carbocycles. The second kappa shape index (κ2) is 8.58. The number of ether oxygens (including phenoxy) is 1. The fraction of sp³-hybridized carbons (Fsp3) is 0.407. The number of para-hydroxylation sites is 1. The Balaban J connectivity index is 1.58. The van der Waals surface area contributed by atoms with Crippen molar-refractivity contribution in [1.82, 2.24) is 9.88 Å². The highest BCUT2D eigenvalue weighted by Crippen LogP contribution is 2.36. The van der Waals surface area contributed by atoms with Gasteiger partial charge in [0, 0.05) is 22.6 Å². The molecule has 3 aromatic rings. The fourth-order valence-corrected chi connectivity index (χ4v) is 5.35. The van der Waals surface area contributed by atoms with Gasteiger partial charge in [-0.25, -0.2) is 0 Å². The Morgan fingerprint density at radius 2 is 1.73 bits per heavy atom. The van der Waals surface area contributed by atoms with Gasteiger partial charge in [0.1, 0.15) is 17.0 Å². The summed E-state index contributed by atoms with van der Waals surface area (Å²) in [5.74, 6) is 0.449. The Hall–Kier alpha value is -3.28. The van der Waals surface area contributed by atoms with Crippen LogP contribution in [0.15, 0.2) is 54.6 Å². The SMILES string of the molecule is COc1ccc(N2C(=O)c3cc4ccccc4n3C[C@]2(C)C(=O)NC2CCCCCC2)cc1. The van der Waals surface area contributed by atoms with Gasteiger partial charge in [0.05, 0.1) is 13.7 Å². The number of hydrogen-bond acceptors (Lipinski definition) is 3. The first-order valence-corrected chi connectivity index (χ1v) is 11.9. The molecule has 1 atom stereocenters. The van der Waals surface area contributed by atoms with Gasteiger partial charge in [0.25, 0.3) is 5.91 Å². The molecule has 1 aliphatic heterocycles. The molecule has 6 nitrogen and oxygen atoms in total. The Morgan fingerprint density at radius 1 is 1.03 bits per heavy atom. The van der Waals surface area contributed by atoms with Crippen LogP contribution in [0.5, 0.6) is 5.75 Å². The number of methoxy groups -OCH3 is 1. The third-order valence-corrected chi connectivity index (χ3v) is 7.20. The molecule has 2 amide bonds. The molecule has 1 aromatic heterocycles. The van der Waals surface area contributed by atoms with E-state index in [1.54, 1.807) is 12.0 Å². The highest BCUT2D eigenvalue weighted by Gasteiger charge is 2.49. The van der Waals surface area contributed by atoms with E-state index >= 15 is 0 Å². The number of rotatable bonds is 4. The lowest BCUT2D eigenvalue weighted by molar-refractivity contribution is -0.127. The maximum absolute atomic E-state index is 13.9. The van der Waals surface area contributed by atoms with Crippen LogP contribution in [0, 0.1) is 0 Å². The maximum Gasteiger partial charge on any atom is 0.275 e. The van der Waals surface area contributed by atoms with E-state index in [9.17, 15) is 9.59 Å². The molecule has 1 aliphatic carbocycles. The lowest BCUT2D eigenvalue weighted by atomic mass is 9.92. The molecule has 0 saturated heterocycles. The molecule has 5 rings (SSSR count). The highest BCUT2D eigenvalue weighted by molar-refractivity contribution is 6.14. The lowest BCUT2D eigenvalue weighted by Gasteiger charge is -2.44. The van der Waals surface area contributed by atoms with Crippen LogP contribution >= 0.6 is 0 Å².